The van der Waals surface area contributed by atoms with Gasteiger partial charge >= 0.3 is 0 Å². The van der Waals surface area contributed by atoms with E-state index in [1.165, 1.54) is 0 Å². The molecule has 0 atom stereocenters. The number of nitrogens with zero attached hydrogens (tertiary/aromatic N) is 5. The predicted octanol–water partition coefficient (Wildman–Crippen LogP) is 4.85. The maximum atomic E-state index is 13.1. The fourth-order valence-corrected chi connectivity index (χ4v) is 7.18. The summed E-state index contributed by atoms with van der Waals surface area (Å²) in [5.74, 6) is 0.691. The normalized spacial score (nSPS) is 18.6. The highest BCUT2D eigenvalue weighted by atomic mass is 32.2. The molecule has 2 fully saturated rings. The van der Waals surface area contributed by atoms with Gasteiger partial charge in [-0.1, -0.05) is 12.1 Å². The number of hydrogen-bond donors (Lipinski definition) is 3. The van der Waals surface area contributed by atoms with Crippen LogP contribution in [0.2, 0.25) is 0 Å². The van der Waals surface area contributed by atoms with Gasteiger partial charge in [-0.05, 0) is 64.1 Å². The topological polar surface area (TPSA) is 119 Å². The van der Waals surface area contributed by atoms with Gasteiger partial charge < -0.3 is 30.2 Å². The first-order chi connectivity index (χ1) is 22.4. The minimum Gasteiger partial charge on any atom is -0.494 e. The van der Waals surface area contributed by atoms with Gasteiger partial charge in [0, 0.05) is 63.3 Å². The molecule has 2 aliphatic heterocycles. The van der Waals surface area contributed by atoms with E-state index in [2.05, 4.69) is 47.3 Å². The van der Waals surface area contributed by atoms with Crippen molar-refractivity contribution in [2.75, 3.05) is 68.9 Å². The molecular formula is C32H42N8O3S. The van der Waals surface area contributed by atoms with Gasteiger partial charge in [0.15, 0.2) is 15.7 Å². The quantitative estimate of drug-likeness (QED) is 0.239. The molecule has 2 aromatic carbocycles. The number of ether oxygens (including phenoxy) is 1. The molecule has 0 aliphatic carbocycles. The van der Waals surface area contributed by atoms with Crippen LogP contribution in [-0.4, -0.2) is 97.8 Å². The number of aromatic amines is 1. The van der Waals surface area contributed by atoms with Crippen molar-refractivity contribution in [3.8, 4) is 5.75 Å². The molecule has 4 heterocycles. The maximum Gasteiger partial charge on any atom is 0.229 e. The molecule has 0 unspecified atom stereocenters. The lowest BCUT2D eigenvalue weighted by atomic mass is 10.0. The van der Waals surface area contributed by atoms with Gasteiger partial charge in [0.1, 0.15) is 11.3 Å². The van der Waals surface area contributed by atoms with E-state index in [1.54, 1.807) is 62.5 Å². The number of fused-ring (bicyclic) bond motifs is 1. The SMILES string of the molecule is [2H]C([2H])([2H])Oc1cc(N2CCC(N3CCN(C)CC3)CC2)ccc1Nc1nc(Nc2ccccc2S(=O)(=O)C(C)C)c2[nH]ccc2n1. The Hall–Kier alpha value is -3.87. The fourth-order valence-electron chi connectivity index (χ4n) is 5.98. The summed E-state index contributed by atoms with van der Waals surface area (Å²) in [5, 5.41) is 5.73. The molecule has 0 amide bonds. The first kappa shape index (κ1) is 26.5. The number of rotatable bonds is 9. The van der Waals surface area contributed by atoms with Crippen LogP contribution in [0.4, 0.5) is 28.8 Å². The second-order valence-corrected chi connectivity index (χ2v) is 14.3. The number of piperidine rings is 1. The van der Waals surface area contributed by atoms with Crippen LogP contribution in [0.15, 0.2) is 59.6 Å². The standard InChI is InChI=1S/C32H42N8O3S/c1-22(2)44(41,42)29-8-6-5-7-26(29)34-31-30-27(11-14-33-30)36-32(37-31)35-25-10-9-24(21-28(25)43-4)39-15-12-23(13-16-39)40-19-17-38(3)18-20-40/h5-11,14,21-23,33H,12-13,15-20H2,1-4H3,(H2,34,35,36,37)/i4D3. The van der Waals surface area contributed by atoms with Crippen molar-refractivity contribution in [1.82, 2.24) is 24.8 Å². The van der Waals surface area contributed by atoms with Gasteiger partial charge in [-0.15, -0.1) is 0 Å². The second-order valence-electron chi connectivity index (χ2n) is 11.8. The van der Waals surface area contributed by atoms with Gasteiger partial charge in [-0.3, -0.25) is 4.90 Å². The third-order valence-corrected chi connectivity index (χ3v) is 10.9. The number of anilines is 5. The third-order valence-electron chi connectivity index (χ3n) is 8.68. The molecule has 0 bridgehead atoms. The lowest BCUT2D eigenvalue weighted by molar-refractivity contribution is 0.0982. The Kier molecular flexibility index (Phi) is 7.61. The van der Waals surface area contributed by atoms with E-state index < -0.39 is 22.1 Å². The highest BCUT2D eigenvalue weighted by Crippen LogP contribution is 2.35. The average molecular weight is 622 g/mol. The Bertz CT molecular complexity index is 1820. The van der Waals surface area contributed by atoms with Crippen molar-refractivity contribution in [1.29, 1.82) is 0 Å². The van der Waals surface area contributed by atoms with E-state index in [0.29, 0.717) is 34.3 Å². The number of H-pyrrole nitrogens is 1. The number of para-hydroxylation sites is 1. The maximum absolute atomic E-state index is 13.1. The minimum absolute atomic E-state index is 0.157. The first-order valence-corrected chi connectivity index (χ1v) is 16.6. The van der Waals surface area contributed by atoms with Crippen molar-refractivity contribution in [3.63, 3.8) is 0 Å². The zero-order valence-electron chi connectivity index (χ0n) is 28.4. The molecule has 0 spiro atoms. The summed E-state index contributed by atoms with van der Waals surface area (Å²) in [4.78, 5) is 19.8. The van der Waals surface area contributed by atoms with Crippen LogP contribution in [0.25, 0.3) is 11.0 Å². The highest BCUT2D eigenvalue weighted by molar-refractivity contribution is 7.92. The van der Waals surface area contributed by atoms with Crippen molar-refractivity contribution in [3.05, 3.63) is 54.7 Å². The Morgan fingerprint density at radius 2 is 1.75 bits per heavy atom. The van der Waals surface area contributed by atoms with E-state index in [4.69, 9.17) is 8.85 Å². The summed E-state index contributed by atoms with van der Waals surface area (Å²) in [7, 11) is -4.09. The largest absolute Gasteiger partial charge is 0.494 e. The molecule has 3 N–H and O–H groups in total. The lowest BCUT2D eigenvalue weighted by Gasteiger charge is -2.42. The van der Waals surface area contributed by atoms with Crippen LogP contribution in [0.3, 0.4) is 0 Å². The number of piperazine rings is 1. The van der Waals surface area contributed by atoms with E-state index in [0.717, 1.165) is 57.8 Å². The summed E-state index contributed by atoms with van der Waals surface area (Å²) in [6.07, 6.45) is 3.80. The number of likely N-dealkylation sites (N-methyl/N-ethyl adjacent to an activating group) is 1. The summed E-state index contributed by atoms with van der Waals surface area (Å²) in [6, 6.07) is 14.5. The average Bonchev–Trinajstić information content (AvgIpc) is 3.51. The van der Waals surface area contributed by atoms with Gasteiger partial charge in [0.2, 0.25) is 5.95 Å². The van der Waals surface area contributed by atoms with E-state index in [-0.39, 0.29) is 16.6 Å². The summed E-state index contributed by atoms with van der Waals surface area (Å²) < 4.78 is 55.2. The van der Waals surface area contributed by atoms with Crippen molar-refractivity contribution < 1.29 is 17.3 Å². The highest BCUT2D eigenvalue weighted by Gasteiger charge is 2.27. The minimum atomic E-state index is -3.58. The van der Waals surface area contributed by atoms with Crippen LogP contribution < -0.4 is 20.3 Å². The van der Waals surface area contributed by atoms with E-state index >= 15 is 0 Å². The predicted molar refractivity (Wildman–Crippen MR) is 177 cm³/mol. The van der Waals surface area contributed by atoms with Crippen molar-refractivity contribution >= 4 is 49.7 Å². The summed E-state index contributed by atoms with van der Waals surface area (Å²) >= 11 is 0. The van der Waals surface area contributed by atoms with Crippen LogP contribution in [0.1, 0.15) is 30.8 Å². The summed E-state index contributed by atoms with van der Waals surface area (Å²) in [6.45, 7) is 9.39. The second kappa shape index (κ2) is 12.6. The number of benzene rings is 2. The number of aromatic nitrogens is 3. The Balaban J connectivity index is 1.25. The summed E-state index contributed by atoms with van der Waals surface area (Å²) in [5.41, 5.74) is 2.82. The monoisotopic (exact) mass is 621 g/mol. The lowest BCUT2D eigenvalue weighted by Crippen LogP contribution is -2.52. The molecule has 6 rings (SSSR count). The van der Waals surface area contributed by atoms with Gasteiger partial charge in [-0.2, -0.15) is 4.98 Å². The zero-order chi connectivity index (χ0) is 33.3. The molecule has 2 aromatic heterocycles. The zero-order valence-corrected chi connectivity index (χ0v) is 26.2. The smallest absolute Gasteiger partial charge is 0.229 e. The molecule has 0 radical (unpaired) electrons. The molecule has 11 nitrogen and oxygen atoms in total. The van der Waals surface area contributed by atoms with E-state index in [1.807, 2.05) is 6.07 Å². The molecular weight excluding hydrogens is 576 g/mol. The third kappa shape index (κ3) is 6.19. The van der Waals surface area contributed by atoms with Crippen molar-refractivity contribution in [2.45, 2.75) is 42.9 Å². The molecule has 234 valence electrons. The van der Waals surface area contributed by atoms with Gasteiger partial charge in [-0.25, -0.2) is 13.4 Å². The fraction of sp³-hybridized carbons (Fsp3) is 0.438. The molecule has 2 saturated heterocycles. The van der Waals surface area contributed by atoms with Crippen molar-refractivity contribution in [2.24, 2.45) is 0 Å². The van der Waals surface area contributed by atoms with Gasteiger partial charge in [0.05, 0.1) is 38.2 Å². The first-order valence-electron chi connectivity index (χ1n) is 16.6. The van der Waals surface area contributed by atoms with Crippen LogP contribution >= 0.6 is 0 Å². The van der Waals surface area contributed by atoms with Crippen LogP contribution in [-0.2, 0) is 9.84 Å². The Morgan fingerprint density at radius 3 is 2.50 bits per heavy atom. The molecule has 44 heavy (non-hydrogen) atoms. The molecule has 4 aromatic rings. The van der Waals surface area contributed by atoms with Crippen LogP contribution in [0.5, 0.6) is 5.75 Å². The number of hydrogen-bond acceptors (Lipinski definition) is 10. The molecule has 12 heteroatoms. The Labute approximate surface area is 263 Å². The van der Waals surface area contributed by atoms with Crippen LogP contribution in [0, 0.1) is 0 Å². The molecule has 0 saturated carbocycles. The van der Waals surface area contributed by atoms with Gasteiger partial charge in [0.25, 0.3) is 0 Å². The Morgan fingerprint density at radius 1 is 0.977 bits per heavy atom. The number of nitrogens with one attached hydrogen (secondary N) is 3. The molecule has 2 aliphatic rings. The van der Waals surface area contributed by atoms with E-state index in [9.17, 15) is 8.42 Å². The number of methoxy groups -OCH3 is 1. The number of sulfone groups is 1.